The summed E-state index contributed by atoms with van der Waals surface area (Å²) < 4.78 is 38.9. The Morgan fingerprint density at radius 1 is 1.16 bits per heavy atom. The molecule has 2 rings (SSSR count). The molecule has 0 fully saturated rings. The molecule has 1 atom stereocenters. The number of nitrogens with one attached hydrogen (secondary N) is 1. The van der Waals surface area contributed by atoms with E-state index in [2.05, 4.69) is 5.32 Å². The van der Waals surface area contributed by atoms with Crippen molar-refractivity contribution in [1.82, 2.24) is 10.2 Å². The van der Waals surface area contributed by atoms with E-state index in [1.807, 2.05) is 0 Å². The van der Waals surface area contributed by atoms with Crippen molar-refractivity contribution >= 4 is 39.1 Å². The van der Waals surface area contributed by atoms with Crippen LogP contribution in [0.2, 0.25) is 5.02 Å². The Bertz CT molecular complexity index is 1030. The zero-order valence-electron chi connectivity index (χ0n) is 17.5. The number of nitrogens with zero attached hydrogens (tertiary/aromatic N) is 2. The van der Waals surface area contributed by atoms with Gasteiger partial charge in [-0.2, -0.15) is 0 Å². The van der Waals surface area contributed by atoms with Crippen molar-refractivity contribution in [3.8, 4) is 0 Å². The van der Waals surface area contributed by atoms with Crippen LogP contribution in [-0.2, 0) is 26.2 Å². The summed E-state index contributed by atoms with van der Waals surface area (Å²) in [5, 5.41) is 3.14. The summed E-state index contributed by atoms with van der Waals surface area (Å²) >= 11 is 6.04. The predicted octanol–water partition coefficient (Wildman–Crippen LogP) is 2.80. The van der Waals surface area contributed by atoms with E-state index in [0.29, 0.717) is 17.1 Å². The number of halogens is 2. The Kier molecular flexibility index (Phi) is 8.41. The molecule has 31 heavy (non-hydrogen) atoms. The van der Waals surface area contributed by atoms with E-state index >= 15 is 0 Å². The second-order valence-corrected chi connectivity index (χ2v) is 9.31. The molecule has 0 aliphatic rings. The third-order valence-corrected chi connectivity index (χ3v) is 5.93. The van der Waals surface area contributed by atoms with E-state index in [1.165, 1.54) is 17.0 Å². The number of hydrogen-bond acceptors (Lipinski definition) is 4. The van der Waals surface area contributed by atoms with Gasteiger partial charge in [0.25, 0.3) is 0 Å². The third kappa shape index (κ3) is 6.93. The summed E-state index contributed by atoms with van der Waals surface area (Å²) in [5.41, 5.74) is 0.829. The molecule has 0 radical (unpaired) electrons. The zero-order valence-corrected chi connectivity index (χ0v) is 19.1. The number of anilines is 1. The molecule has 0 saturated carbocycles. The molecule has 0 aromatic heterocycles. The number of rotatable bonds is 9. The molecule has 7 nitrogen and oxygen atoms in total. The average molecular weight is 470 g/mol. The minimum absolute atomic E-state index is 0.0543. The zero-order chi connectivity index (χ0) is 23.2. The van der Waals surface area contributed by atoms with Crippen LogP contribution in [0.1, 0.15) is 19.4 Å². The first-order chi connectivity index (χ1) is 14.5. The maximum Gasteiger partial charge on any atom is 0.244 e. The van der Waals surface area contributed by atoms with Gasteiger partial charge in [-0.25, -0.2) is 12.8 Å². The fraction of sp³-hybridized carbons (Fsp3) is 0.333. The highest BCUT2D eigenvalue weighted by Gasteiger charge is 2.29. The van der Waals surface area contributed by atoms with Gasteiger partial charge in [0, 0.05) is 18.1 Å². The Balaban J connectivity index is 2.37. The number of amides is 2. The van der Waals surface area contributed by atoms with Gasteiger partial charge in [0.2, 0.25) is 21.8 Å². The van der Waals surface area contributed by atoms with E-state index in [1.54, 1.807) is 38.1 Å². The summed E-state index contributed by atoms with van der Waals surface area (Å²) in [6, 6.07) is 10.7. The van der Waals surface area contributed by atoms with E-state index in [0.717, 1.165) is 22.7 Å². The molecule has 2 amide bonds. The van der Waals surface area contributed by atoms with Crippen molar-refractivity contribution in [2.45, 2.75) is 26.4 Å². The van der Waals surface area contributed by atoms with E-state index < -0.39 is 34.3 Å². The molecular weight excluding hydrogens is 445 g/mol. The first-order valence-corrected chi connectivity index (χ1v) is 11.8. The maximum absolute atomic E-state index is 13.3. The fourth-order valence-electron chi connectivity index (χ4n) is 2.96. The lowest BCUT2D eigenvalue weighted by atomic mass is 10.1. The molecule has 0 aliphatic carbocycles. The van der Waals surface area contributed by atoms with Gasteiger partial charge < -0.3 is 10.2 Å². The smallest absolute Gasteiger partial charge is 0.244 e. The molecular formula is C21H25ClFN3O4S. The highest BCUT2D eigenvalue weighted by atomic mass is 35.5. The highest BCUT2D eigenvalue weighted by molar-refractivity contribution is 7.92. The van der Waals surface area contributed by atoms with Crippen LogP contribution < -0.4 is 9.62 Å². The lowest BCUT2D eigenvalue weighted by molar-refractivity contribution is -0.139. The molecule has 0 bridgehead atoms. The Morgan fingerprint density at radius 2 is 1.81 bits per heavy atom. The van der Waals surface area contributed by atoms with Crippen LogP contribution in [0.3, 0.4) is 0 Å². The van der Waals surface area contributed by atoms with Crippen molar-refractivity contribution in [2.24, 2.45) is 0 Å². The molecule has 2 aromatic rings. The Morgan fingerprint density at radius 3 is 2.35 bits per heavy atom. The van der Waals surface area contributed by atoms with Gasteiger partial charge in [-0.3, -0.25) is 13.9 Å². The minimum Gasteiger partial charge on any atom is -0.355 e. The van der Waals surface area contributed by atoms with Crippen LogP contribution in [0.15, 0.2) is 48.5 Å². The van der Waals surface area contributed by atoms with Crippen molar-refractivity contribution < 1.29 is 22.4 Å². The van der Waals surface area contributed by atoms with Crippen LogP contribution in [0, 0.1) is 5.82 Å². The molecule has 10 heteroatoms. The van der Waals surface area contributed by atoms with Gasteiger partial charge in [-0.1, -0.05) is 23.7 Å². The van der Waals surface area contributed by atoms with Crippen molar-refractivity contribution in [3.05, 3.63) is 64.9 Å². The fourth-order valence-corrected chi connectivity index (χ4v) is 4.02. The van der Waals surface area contributed by atoms with Gasteiger partial charge in [0.15, 0.2) is 0 Å². The first-order valence-electron chi connectivity index (χ1n) is 9.57. The van der Waals surface area contributed by atoms with Crippen LogP contribution in [0.4, 0.5) is 10.1 Å². The highest BCUT2D eigenvalue weighted by Crippen LogP contribution is 2.20. The van der Waals surface area contributed by atoms with Gasteiger partial charge >= 0.3 is 0 Å². The van der Waals surface area contributed by atoms with Crippen LogP contribution >= 0.6 is 11.6 Å². The molecule has 168 valence electrons. The van der Waals surface area contributed by atoms with Crippen LogP contribution in [0.5, 0.6) is 0 Å². The molecule has 0 aliphatic heterocycles. The molecule has 0 spiro atoms. The largest absolute Gasteiger partial charge is 0.355 e. The summed E-state index contributed by atoms with van der Waals surface area (Å²) in [6.07, 6.45) is 0.957. The Labute approximate surface area is 186 Å². The van der Waals surface area contributed by atoms with Crippen molar-refractivity contribution in [3.63, 3.8) is 0 Å². The summed E-state index contributed by atoms with van der Waals surface area (Å²) in [7, 11) is -3.85. The van der Waals surface area contributed by atoms with Gasteiger partial charge in [-0.15, -0.1) is 0 Å². The number of hydrogen-bond donors (Lipinski definition) is 1. The van der Waals surface area contributed by atoms with Crippen molar-refractivity contribution in [1.29, 1.82) is 0 Å². The molecule has 1 N–H and O–H groups in total. The Hall–Kier alpha value is -2.65. The predicted molar refractivity (Wildman–Crippen MR) is 119 cm³/mol. The minimum atomic E-state index is -3.85. The number of sulfonamides is 1. The van der Waals surface area contributed by atoms with Crippen molar-refractivity contribution in [2.75, 3.05) is 23.7 Å². The molecule has 0 saturated heterocycles. The monoisotopic (exact) mass is 469 g/mol. The number of carbonyl (C=O) groups is 2. The van der Waals surface area contributed by atoms with Gasteiger partial charge in [-0.05, 0) is 55.8 Å². The summed E-state index contributed by atoms with van der Waals surface area (Å²) in [4.78, 5) is 26.9. The van der Waals surface area contributed by atoms with Crippen LogP contribution in [-0.4, -0.2) is 50.5 Å². The summed E-state index contributed by atoms with van der Waals surface area (Å²) in [5.74, 6) is -1.49. The van der Waals surface area contributed by atoms with Crippen LogP contribution in [0.25, 0.3) is 0 Å². The molecule has 2 aromatic carbocycles. The van der Waals surface area contributed by atoms with Gasteiger partial charge in [0.1, 0.15) is 18.4 Å². The molecule has 0 unspecified atom stereocenters. The number of carbonyl (C=O) groups excluding carboxylic acids is 2. The SMILES string of the molecule is CCNC(=O)[C@@H](C)N(Cc1cccc(Cl)c1)C(=O)CN(c1ccc(F)cc1)S(C)(=O)=O. The third-order valence-electron chi connectivity index (χ3n) is 4.55. The maximum atomic E-state index is 13.3. The number of likely N-dealkylation sites (N-methyl/N-ethyl adjacent to an activating group) is 1. The number of benzene rings is 2. The standard InChI is InChI=1S/C21H25ClFN3O4S/c1-4-24-21(28)15(2)25(13-16-6-5-7-17(22)12-16)20(27)14-26(31(3,29)30)19-10-8-18(23)9-11-19/h5-12,15H,4,13-14H2,1-3H3,(H,24,28)/t15-/m1/s1. The van der Waals surface area contributed by atoms with E-state index in [9.17, 15) is 22.4 Å². The first kappa shape index (κ1) is 24.6. The van der Waals surface area contributed by atoms with Gasteiger partial charge in [0.05, 0.1) is 11.9 Å². The van der Waals surface area contributed by atoms with E-state index in [4.69, 9.17) is 11.6 Å². The lowest BCUT2D eigenvalue weighted by Gasteiger charge is -2.31. The average Bonchev–Trinajstić information content (AvgIpc) is 2.70. The topological polar surface area (TPSA) is 86.8 Å². The molecule has 0 heterocycles. The lowest BCUT2D eigenvalue weighted by Crippen LogP contribution is -2.51. The van der Waals surface area contributed by atoms with E-state index in [-0.39, 0.29) is 18.1 Å². The second-order valence-electron chi connectivity index (χ2n) is 6.97. The second kappa shape index (κ2) is 10.6. The summed E-state index contributed by atoms with van der Waals surface area (Å²) in [6.45, 7) is 3.21. The quantitative estimate of drug-likeness (QED) is 0.611. The normalized spacial score (nSPS) is 12.2.